The molecule has 0 spiro atoms. The van der Waals surface area contributed by atoms with E-state index < -0.39 is 5.60 Å². The van der Waals surface area contributed by atoms with Gasteiger partial charge >= 0.3 is 0 Å². The predicted molar refractivity (Wildman–Crippen MR) is 115 cm³/mol. The zero-order chi connectivity index (χ0) is 21.2. The van der Waals surface area contributed by atoms with Crippen molar-refractivity contribution in [3.05, 3.63) is 35.5 Å². The molecule has 3 rings (SSSR count). The van der Waals surface area contributed by atoms with Crippen molar-refractivity contribution < 1.29 is 9.90 Å². The van der Waals surface area contributed by atoms with E-state index in [0.717, 1.165) is 28.4 Å². The Bertz CT molecular complexity index is 1090. The fourth-order valence-electron chi connectivity index (χ4n) is 3.14. The first-order chi connectivity index (χ1) is 13.7. The second-order valence-corrected chi connectivity index (χ2v) is 8.04. The molecule has 0 radical (unpaired) electrons. The van der Waals surface area contributed by atoms with E-state index in [1.165, 1.54) is 0 Å². The minimum absolute atomic E-state index is 0.157. The SMILES string of the molecule is CC[C@@H](C)Nc1c(C(=O)NCCC(C)(C)O)cnc2c1[nH]c1cc(C#N)ccc12. The normalized spacial score (nSPS) is 12.7. The summed E-state index contributed by atoms with van der Waals surface area (Å²) >= 11 is 0. The van der Waals surface area contributed by atoms with Crippen LogP contribution in [-0.4, -0.2) is 39.2 Å². The number of carbonyl (C=O) groups excluding carboxylic acids is 1. The van der Waals surface area contributed by atoms with E-state index in [9.17, 15) is 15.2 Å². The molecule has 1 amide bonds. The van der Waals surface area contributed by atoms with Gasteiger partial charge in [-0.15, -0.1) is 0 Å². The quantitative estimate of drug-likeness (QED) is 0.489. The predicted octanol–water partition coefficient (Wildman–Crippen LogP) is 3.69. The van der Waals surface area contributed by atoms with Gasteiger partial charge in [-0.25, -0.2) is 0 Å². The van der Waals surface area contributed by atoms with Gasteiger partial charge in [0.05, 0.1) is 39.5 Å². The van der Waals surface area contributed by atoms with Crippen molar-refractivity contribution in [2.75, 3.05) is 11.9 Å². The molecule has 7 heteroatoms. The molecule has 152 valence electrons. The summed E-state index contributed by atoms with van der Waals surface area (Å²) in [5.41, 5.74) is 3.15. The molecule has 0 unspecified atom stereocenters. The molecule has 3 aromatic rings. The number of aromatic nitrogens is 2. The fourth-order valence-corrected chi connectivity index (χ4v) is 3.14. The molecule has 2 aromatic heterocycles. The van der Waals surface area contributed by atoms with Crippen LogP contribution < -0.4 is 10.6 Å². The molecule has 0 saturated carbocycles. The van der Waals surface area contributed by atoms with E-state index in [-0.39, 0.29) is 11.9 Å². The highest BCUT2D eigenvalue weighted by atomic mass is 16.3. The Morgan fingerprint density at radius 3 is 2.83 bits per heavy atom. The molecule has 0 bridgehead atoms. The summed E-state index contributed by atoms with van der Waals surface area (Å²) in [5, 5.41) is 26.2. The number of nitrogens with zero attached hydrogens (tertiary/aromatic N) is 2. The van der Waals surface area contributed by atoms with Crippen molar-refractivity contribution in [3.63, 3.8) is 0 Å². The molecular formula is C22H27N5O2. The number of nitriles is 1. The minimum Gasteiger partial charge on any atom is -0.390 e. The van der Waals surface area contributed by atoms with E-state index >= 15 is 0 Å². The Hall–Kier alpha value is -3.11. The molecule has 1 aromatic carbocycles. The number of benzene rings is 1. The van der Waals surface area contributed by atoms with E-state index in [0.29, 0.717) is 29.8 Å². The smallest absolute Gasteiger partial charge is 0.255 e. The van der Waals surface area contributed by atoms with Crippen molar-refractivity contribution in [2.45, 2.75) is 52.2 Å². The van der Waals surface area contributed by atoms with Crippen LogP contribution in [0.5, 0.6) is 0 Å². The van der Waals surface area contributed by atoms with Crippen molar-refractivity contribution in [3.8, 4) is 6.07 Å². The first kappa shape index (κ1) is 20.6. The summed E-state index contributed by atoms with van der Waals surface area (Å²) in [6.45, 7) is 7.91. The molecule has 2 heterocycles. The van der Waals surface area contributed by atoms with Crippen LogP contribution in [0.4, 0.5) is 5.69 Å². The summed E-state index contributed by atoms with van der Waals surface area (Å²) in [7, 11) is 0. The number of nitrogens with one attached hydrogen (secondary N) is 3. The molecule has 0 aliphatic carbocycles. The number of rotatable bonds is 7. The van der Waals surface area contributed by atoms with E-state index in [1.54, 1.807) is 32.2 Å². The maximum atomic E-state index is 12.9. The molecule has 0 aliphatic heterocycles. The van der Waals surface area contributed by atoms with Crippen LogP contribution >= 0.6 is 0 Å². The minimum atomic E-state index is -0.844. The van der Waals surface area contributed by atoms with Gasteiger partial charge < -0.3 is 20.7 Å². The van der Waals surface area contributed by atoms with Gasteiger partial charge in [0.1, 0.15) is 0 Å². The van der Waals surface area contributed by atoms with Gasteiger partial charge in [0.15, 0.2) is 0 Å². The van der Waals surface area contributed by atoms with Crippen LogP contribution in [0.1, 0.15) is 56.5 Å². The first-order valence-corrected chi connectivity index (χ1v) is 9.85. The monoisotopic (exact) mass is 393 g/mol. The van der Waals surface area contributed by atoms with Gasteiger partial charge in [-0.2, -0.15) is 5.26 Å². The summed E-state index contributed by atoms with van der Waals surface area (Å²) in [6, 6.07) is 7.72. The van der Waals surface area contributed by atoms with Crippen LogP contribution in [0.25, 0.3) is 21.9 Å². The lowest BCUT2D eigenvalue weighted by atomic mass is 10.1. The maximum absolute atomic E-state index is 12.9. The zero-order valence-corrected chi connectivity index (χ0v) is 17.3. The Morgan fingerprint density at radius 1 is 1.41 bits per heavy atom. The Morgan fingerprint density at radius 2 is 2.17 bits per heavy atom. The highest BCUT2D eigenvalue weighted by Crippen LogP contribution is 2.32. The number of hydrogen-bond acceptors (Lipinski definition) is 5. The fraction of sp³-hybridized carbons (Fsp3) is 0.409. The largest absolute Gasteiger partial charge is 0.390 e. The lowest BCUT2D eigenvalue weighted by Gasteiger charge is -2.19. The number of carbonyl (C=O) groups is 1. The second kappa shape index (κ2) is 8.10. The Balaban J connectivity index is 2.06. The molecule has 4 N–H and O–H groups in total. The highest BCUT2D eigenvalue weighted by molar-refractivity contribution is 6.13. The van der Waals surface area contributed by atoms with Gasteiger partial charge in [-0.1, -0.05) is 6.92 Å². The van der Waals surface area contributed by atoms with Crippen LogP contribution in [0.15, 0.2) is 24.4 Å². The van der Waals surface area contributed by atoms with Crippen LogP contribution in [0.2, 0.25) is 0 Å². The summed E-state index contributed by atoms with van der Waals surface area (Å²) in [6.07, 6.45) is 2.92. The second-order valence-electron chi connectivity index (χ2n) is 8.04. The summed E-state index contributed by atoms with van der Waals surface area (Å²) in [4.78, 5) is 20.7. The average Bonchev–Trinajstić information content (AvgIpc) is 3.05. The van der Waals surface area contributed by atoms with Crippen molar-refractivity contribution in [2.24, 2.45) is 0 Å². The zero-order valence-electron chi connectivity index (χ0n) is 17.3. The number of amides is 1. The molecular weight excluding hydrogens is 366 g/mol. The first-order valence-electron chi connectivity index (χ1n) is 9.85. The third-order valence-corrected chi connectivity index (χ3v) is 5.01. The number of pyridine rings is 1. The Kier molecular flexibility index (Phi) is 5.76. The number of fused-ring (bicyclic) bond motifs is 3. The van der Waals surface area contributed by atoms with Crippen molar-refractivity contribution >= 4 is 33.5 Å². The van der Waals surface area contributed by atoms with Gasteiger partial charge in [0.2, 0.25) is 0 Å². The highest BCUT2D eigenvalue weighted by Gasteiger charge is 2.20. The molecule has 0 fully saturated rings. The number of H-pyrrole nitrogens is 1. The standard InChI is InChI=1S/C22H27N5O2/c1-5-13(2)26-19-16(21(28)24-9-8-22(3,4)29)12-25-18-15-7-6-14(11-23)10-17(15)27-20(18)19/h6-7,10,12-13,27,29H,5,8-9H2,1-4H3,(H,24,28)(H,25,26)/t13-/m1/s1. The molecule has 0 aliphatic rings. The van der Waals surface area contributed by atoms with Gasteiger partial charge in [0, 0.05) is 29.7 Å². The van der Waals surface area contributed by atoms with Gasteiger partial charge in [-0.05, 0) is 51.8 Å². The summed E-state index contributed by atoms with van der Waals surface area (Å²) in [5.74, 6) is -0.245. The van der Waals surface area contributed by atoms with Gasteiger partial charge in [0.25, 0.3) is 5.91 Å². The van der Waals surface area contributed by atoms with Crippen LogP contribution in [0, 0.1) is 11.3 Å². The maximum Gasteiger partial charge on any atom is 0.255 e. The van der Waals surface area contributed by atoms with Crippen molar-refractivity contribution in [1.82, 2.24) is 15.3 Å². The lowest BCUT2D eigenvalue weighted by Crippen LogP contribution is -2.31. The number of aromatic amines is 1. The third kappa shape index (κ3) is 4.49. The average molecular weight is 393 g/mol. The molecule has 7 nitrogen and oxygen atoms in total. The van der Waals surface area contributed by atoms with E-state index in [2.05, 4.69) is 40.5 Å². The lowest BCUT2D eigenvalue weighted by molar-refractivity contribution is 0.0693. The van der Waals surface area contributed by atoms with Crippen LogP contribution in [0.3, 0.4) is 0 Å². The molecule has 0 saturated heterocycles. The number of aliphatic hydroxyl groups is 1. The summed E-state index contributed by atoms with van der Waals surface area (Å²) < 4.78 is 0. The third-order valence-electron chi connectivity index (χ3n) is 5.01. The topological polar surface area (TPSA) is 114 Å². The van der Waals surface area contributed by atoms with Crippen molar-refractivity contribution in [1.29, 1.82) is 5.26 Å². The van der Waals surface area contributed by atoms with E-state index in [4.69, 9.17) is 0 Å². The number of anilines is 1. The number of hydrogen-bond donors (Lipinski definition) is 4. The Labute approximate surface area is 170 Å². The molecule has 1 atom stereocenters. The van der Waals surface area contributed by atoms with Gasteiger partial charge in [-0.3, -0.25) is 9.78 Å². The van der Waals surface area contributed by atoms with E-state index in [1.807, 2.05) is 6.07 Å². The molecule has 29 heavy (non-hydrogen) atoms. The van der Waals surface area contributed by atoms with Crippen LogP contribution in [-0.2, 0) is 0 Å².